The van der Waals surface area contributed by atoms with Crippen LogP contribution in [0.5, 0.6) is 11.5 Å². The molecule has 10 heteroatoms. The fourth-order valence-electron chi connectivity index (χ4n) is 4.58. The van der Waals surface area contributed by atoms with Gasteiger partial charge in [0.15, 0.2) is 0 Å². The molecule has 1 aliphatic heterocycles. The van der Waals surface area contributed by atoms with Gasteiger partial charge in [-0.3, -0.25) is 9.52 Å². The van der Waals surface area contributed by atoms with Crippen LogP contribution >= 0.6 is 0 Å². The zero-order valence-corrected chi connectivity index (χ0v) is 23.2. The third-order valence-corrected chi connectivity index (χ3v) is 9.04. The highest BCUT2D eigenvalue weighted by molar-refractivity contribution is 7.91. The van der Waals surface area contributed by atoms with Crippen molar-refractivity contribution >= 4 is 25.8 Å². The van der Waals surface area contributed by atoms with E-state index in [1.54, 1.807) is 24.3 Å². The number of aryl methyl sites for hydroxylation is 2. The van der Waals surface area contributed by atoms with Gasteiger partial charge in [0, 0.05) is 6.26 Å². The molecule has 8 nitrogen and oxygen atoms in total. The quantitative estimate of drug-likeness (QED) is 0.371. The molecule has 0 aromatic heterocycles. The Hall–Kier alpha value is -3.37. The summed E-state index contributed by atoms with van der Waals surface area (Å²) in [6.45, 7) is 4.70. The topological polar surface area (TPSA) is 116 Å². The second-order valence-electron chi connectivity index (χ2n) is 9.59. The average molecular weight is 558 g/mol. The van der Waals surface area contributed by atoms with Crippen molar-refractivity contribution in [3.05, 3.63) is 82.9 Å². The van der Waals surface area contributed by atoms with Gasteiger partial charge in [0.25, 0.3) is 0 Å². The first-order valence-corrected chi connectivity index (χ1v) is 15.8. The summed E-state index contributed by atoms with van der Waals surface area (Å²) in [5.41, 5.74) is 5.76. The summed E-state index contributed by atoms with van der Waals surface area (Å²) in [6, 6.07) is 18.7. The van der Waals surface area contributed by atoms with Gasteiger partial charge in [-0.05, 0) is 84.0 Å². The molecule has 1 amide bonds. The van der Waals surface area contributed by atoms with Crippen LogP contribution in [0.3, 0.4) is 0 Å². The largest absolute Gasteiger partial charge is 0.494 e. The molecule has 0 bridgehead atoms. The van der Waals surface area contributed by atoms with Gasteiger partial charge >= 0.3 is 0 Å². The molecule has 0 radical (unpaired) electrons. The monoisotopic (exact) mass is 557 g/mol. The highest BCUT2D eigenvalue weighted by Gasteiger charge is 2.37. The summed E-state index contributed by atoms with van der Waals surface area (Å²) in [7, 11) is -6.68. The molecule has 1 atom stereocenters. The van der Waals surface area contributed by atoms with Gasteiger partial charge in [0.1, 0.15) is 33.2 Å². The molecule has 0 aliphatic carbocycles. The SMILES string of the molecule is Cc1cc(OCCCS(C)(=O)=O)cc(C)c1-c1cccc(COc2ccc(C3CC(=O)NS3(=O)=O)cc2)c1. The summed E-state index contributed by atoms with van der Waals surface area (Å²) in [4.78, 5) is 11.5. The molecule has 0 saturated carbocycles. The van der Waals surface area contributed by atoms with Crippen molar-refractivity contribution in [3.8, 4) is 22.6 Å². The van der Waals surface area contributed by atoms with Crippen molar-refractivity contribution in [1.29, 1.82) is 0 Å². The number of hydrogen-bond donors (Lipinski definition) is 1. The number of carbonyl (C=O) groups excluding carboxylic acids is 1. The van der Waals surface area contributed by atoms with Crippen molar-refractivity contribution < 1.29 is 31.1 Å². The number of ether oxygens (including phenoxy) is 2. The number of nitrogens with one attached hydrogen (secondary N) is 1. The smallest absolute Gasteiger partial charge is 0.242 e. The van der Waals surface area contributed by atoms with Crippen LogP contribution in [-0.4, -0.2) is 41.4 Å². The van der Waals surface area contributed by atoms with Gasteiger partial charge in [-0.15, -0.1) is 0 Å². The standard InChI is InChI=1S/C28H31NO7S2/c1-19-14-25(35-12-5-13-37(3,31)32)15-20(2)28(19)23-7-4-6-21(16-23)18-36-24-10-8-22(9-11-24)26-17-27(30)29-38(26,33)34/h4,6-11,14-16,26H,5,12-13,17-18H2,1-3H3,(H,29,30). The first-order chi connectivity index (χ1) is 17.9. The van der Waals surface area contributed by atoms with Crippen molar-refractivity contribution in [2.45, 2.75) is 38.5 Å². The van der Waals surface area contributed by atoms with E-state index in [1.807, 2.05) is 48.9 Å². The minimum atomic E-state index is -3.68. The first kappa shape index (κ1) is 27.7. The zero-order chi connectivity index (χ0) is 27.5. The van der Waals surface area contributed by atoms with Gasteiger partial charge in [0.05, 0.1) is 18.8 Å². The number of sulfonamides is 1. The highest BCUT2D eigenvalue weighted by Crippen LogP contribution is 2.33. The molecular weight excluding hydrogens is 526 g/mol. The zero-order valence-electron chi connectivity index (χ0n) is 21.6. The maximum Gasteiger partial charge on any atom is 0.242 e. The lowest BCUT2D eigenvalue weighted by Crippen LogP contribution is -2.21. The average Bonchev–Trinajstić information content (AvgIpc) is 3.12. The minimum absolute atomic E-state index is 0.0789. The van der Waals surface area contributed by atoms with E-state index in [0.717, 1.165) is 27.8 Å². The Morgan fingerprint density at radius 1 is 0.947 bits per heavy atom. The fraction of sp³-hybridized carbons (Fsp3) is 0.321. The first-order valence-electron chi connectivity index (χ1n) is 12.2. The molecule has 0 spiro atoms. The van der Waals surface area contributed by atoms with Crippen molar-refractivity contribution in [1.82, 2.24) is 4.72 Å². The van der Waals surface area contributed by atoms with Gasteiger partial charge in [-0.1, -0.05) is 30.3 Å². The summed E-state index contributed by atoms with van der Waals surface area (Å²) in [5.74, 6) is 0.917. The van der Waals surface area contributed by atoms with Crippen LogP contribution in [0, 0.1) is 13.8 Å². The van der Waals surface area contributed by atoms with Crippen molar-refractivity contribution in [3.63, 3.8) is 0 Å². The normalized spacial score (nSPS) is 16.7. The second-order valence-corrected chi connectivity index (χ2v) is 13.7. The molecule has 38 heavy (non-hydrogen) atoms. The van der Waals surface area contributed by atoms with Gasteiger partial charge in [0.2, 0.25) is 15.9 Å². The Morgan fingerprint density at radius 3 is 2.24 bits per heavy atom. The summed E-state index contributed by atoms with van der Waals surface area (Å²) < 4.78 is 60.5. The van der Waals surface area contributed by atoms with Crippen LogP contribution in [0.4, 0.5) is 0 Å². The predicted octanol–water partition coefficient (Wildman–Crippen LogP) is 4.25. The molecule has 1 saturated heterocycles. The Kier molecular flexibility index (Phi) is 8.13. The van der Waals surface area contributed by atoms with E-state index in [0.29, 0.717) is 36.7 Å². The molecule has 1 aliphatic rings. The summed E-state index contributed by atoms with van der Waals surface area (Å²) >= 11 is 0. The van der Waals surface area contributed by atoms with Gasteiger partial charge in [-0.25, -0.2) is 16.8 Å². The molecule has 3 aromatic carbocycles. The Morgan fingerprint density at radius 2 is 1.63 bits per heavy atom. The van der Waals surface area contributed by atoms with E-state index in [9.17, 15) is 21.6 Å². The van der Waals surface area contributed by atoms with Crippen LogP contribution < -0.4 is 14.2 Å². The molecule has 1 heterocycles. The Labute approximate surface area is 224 Å². The molecule has 1 N–H and O–H groups in total. The van der Waals surface area contributed by atoms with E-state index in [2.05, 4.69) is 6.07 Å². The molecule has 4 rings (SSSR count). The van der Waals surface area contributed by atoms with Crippen LogP contribution in [-0.2, 0) is 31.3 Å². The van der Waals surface area contributed by atoms with Gasteiger partial charge in [-0.2, -0.15) is 0 Å². The highest BCUT2D eigenvalue weighted by atomic mass is 32.2. The van der Waals surface area contributed by atoms with E-state index < -0.39 is 31.0 Å². The van der Waals surface area contributed by atoms with E-state index >= 15 is 0 Å². The molecule has 1 unspecified atom stereocenters. The number of amides is 1. The maximum atomic E-state index is 12.1. The minimum Gasteiger partial charge on any atom is -0.494 e. The Balaban J connectivity index is 1.41. The molecule has 202 valence electrons. The number of benzene rings is 3. The lowest BCUT2D eigenvalue weighted by molar-refractivity contribution is -0.118. The summed E-state index contributed by atoms with van der Waals surface area (Å²) in [5, 5.41) is -0.878. The Bertz CT molecular complexity index is 1520. The lowest BCUT2D eigenvalue weighted by atomic mass is 9.94. The second kappa shape index (κ2) is 11.2. The van der Waals surface area contributed by atoms with Crippen LogP contribution in [0.15, 0.2) is 60.7 Å². The van der Waals surface area contributed by atoms with Crippen LogP contribution in [0.25, 0.3) is 11.1 Å². The number of carbonyl (C=O) groups is 1. The molecule has 3 aromatic rings. The number of sulfone groups is 1. The third-order valence-electron chi connectivity index (χ3n) is 6.31. The van der Waals surface area contributed by atoms with Crippen molar-refractivity contribution in [2.24, 2.45) is 0 Å². The molecule has 1 fully saturated rings. The predicted molar refractivity (Wildman–Crippen MR) is 146 cm³/mol. The van der Waals surface area contributed by atoms with E-state index in [4.69, 9.17) is 9.47 Å². The lowest BCUT2D eigenvalue weighted by Gasteiger charge is -2.15. The van der Waals surface area contributed by atoms with Gasteiger partial charge < -0.3 is 9.47 Å². The summed E-state index contributed by atoms with van der Waals surface area (Å²) in [6.07, 6.45) is 1.59. The molecular formula is C28H31NO7S2. The van der Waals surface area contributed by atoms with E-state index in [-0.39, 0.29) is 12.2 Å². The maximum absolute atomic E-state index is 12.1. The third kappa shape index (κ3) is 6.93. The van der Waals surface area contributed by atoms with Crippen LogP contribution in [0.2, 0.25) is 0 Å². The van der Waals surface area contributed by atoms with E-state index in [1.165, 1.54) is 6.26 Å². The van der Waals surface area contributed by atoms with Crippen molar-refractivity contribution in [2.75, 3.05) is 18.6 Å². The fourth-order valence-corrected chi connectivity index (χ4v) is 6.65. The number of hydrogen-bond acceptors (Lipinski definition) is 7. The number of rotatable bonds is 10. The van der Waals surface area contributed by atoms with Crippen LogP contribution in [0.1, 0.15) is 40.3 Å².